The molecule has 17 heavy (non-hydrogen) atoms. The highest BCUT2D eigenvalue weighted by Crippen LogP contribution is 2.29. The molecule has 0 heterocycles. The average Bonchev–Trinajstić information content (AvgIpc) is 2.34. The fraction of sp³-hybridized carbons (Fsp3) is 1.00. The third-order valence-electron chi connectivity index (χ3n) is 2.22. The average molecular weight is 288 g/mol. The highest BCUT2D eigenvalue weighted by molar-refractivity contribution is 8.17. The number of aliphatic hydroxyl groups excluding tert-OH is 5. The lowest BCUT2D eigenvalue weighted by Gasteiger charge is -2.30. The summed E-state index contributed by atoms with van der Waals surface area (Å²) in [4.78, 5) is 0. The molecule has 0 fully saturated rings. The molecule has 0 saturated heterocycles. The Morgan fingerprint density at radius 1 is 0.882 bits per heavy atom. The maximum Gasteiger partial charge on any atom is 0.111 e. The topological polar surface area (TPSA) is 101 Å². The molecule has 0 spiro atoms. The van der Waals surface area contributed by atoms with Crippen LogP contribution in [0.5, 0.6) is 0 Å². The van der Waals surface area contributed by atoms with Crippen LogP contribution in [-0.4, -0.2) is 72.6 Å². The van der Waals surface area contributed by atoms with Crippen LogP contribution in [0.1, 0.15) is 13.8 Å². The molecule has 0 amide bonds. The molecule has 5 nitrogen and oxygen atoms in total. The minimum Gasteiger partial charge on any atom is -0.394 e. The van der Waals surface area contributed by atoms with Gasteiger partial charge in [0, 0.05) is 0 Å². The second-order valence-corrected chi connectivity index (χ2v) is 6.64. The molecule has 0 aromatic heterocycles. The number of rotatable bonds is 9. The van der Waals surface area contributed by atoms with Gasteiger partial charge in [-0.05, 0) is 11.5 Å². The summed E-state index contributed by atoms with van der Waals surface area (Å²) in [5.41, 5.74) is 0. The van der Waals surface area contributed by atoms with Crippen LogP contribution in [0.3, 0.4) is 0 Å². The molecular weight excluding hydrogens is 266 g/mol. The van der Waals surface area contributed by atoms with Crippen molar-refractivity contribution >= 4 is 23.5 Å². The molecule has 0 rings (SSSR count). The first-order valence-corrected chi connectivity index (χ1v) is 7.65. The van der Waals surface area contributed by atoms with Gasteiger partial charge in [0.15, 0.2) is 0 Å². The van der Waals surface area contributed by atoms with Gasteiger partial charge in [-0.3, -0.25) is 0 Å². The van der Waals surface area contributed by atoms with Crippen molar-refractivity contribution in [1.29, 1.82) is 0 Å². The lowest BCUT2D eigenvalue weighted by Crippen LogP contribution is -2.48. The molecule has 7 heteroatoms. The van der Waals surface area contributed by atoms with E-state index in [1.165, 1.54) is 23.5 Å². The minimum absolute atomic E-state index is 0.263. The summed E-state index contributed by atoms with van der Waals surface area (Å²) < 4.78 is -0.263. The van der Waals surface area contributed by atoms with Gasteiger partial charge in [-0.15, -0.1) is 23.5 Å². The summed E-state index contributed by atoms with van der Waals surface area (Å²) in [6.45, 7) is 3.22. The van der Waals surface area contributed by atoms with Crippen LogP contribution in [-0.2, 0) is 0 Å². The Labute approximate surface area is 110 Å². The summed E-state index contributed by atoms with van der Waals surface area (Å²) in [6.07, 6.45) is -5.62. The molecule has 104 valence electrons. The van der Waals surface area contributed by atoms with Crippen LogP contribution < -0.4 is 0 Å². The first-order valence-electron chi connectivity index (χ1n) is 5.55. The Kier molecular flexibility index (Phi) is 9.71. The second-order valence-electron chi connectivity index (χ2n) is 3.50. The zero-order valence-corrected chi connectivity index (χ0v) is 11.7. The Balaban J connectivity index is 4.46. The lowest BCUT2D eigenvalue weighted by molar-refractivity contribution is -0.111. The zero-order chi connectivity index (χ0) is 13.4. The van der Waals surface area contributed by atoms with Gasteiger partial charge in [-0.25, -0.2) is 0 Å². The molecular formula is C10H22O5S2. The fourth-order valence-corrected chi connectivity index (χ4v) is 3.85. The normalized spacial score (nSPS) is 19.1. The third kappa shape index (κ3) is 5.78. The maximum absolute atomic E-state index is 9.91. The summed E-state index contributed by atoms with van der Waals surface area (Å²) in [5.74, 6) is 1.56. The number of thioether (sulfide) groups is 2. The monoisotopic (exact) mass is 288 g/mol. The third-order valence-corrected chi connectivity index (χ3v) is 4.92. The summed E-state index contributed by atoms with van der Waals surface area (Å²) in [6, 6.07) is 0. The van der Waals surface area contributed by atoms with Gasteiger partial charge in [-0.1, -0.05) is 13.8 Å². The minimum atomic E-state index is -1.55. The van der Waals surface area contributed by atoms with E-state index in [9.17, 15) is 20.4 Å². The van der Waals surface area contributed by atoms with Crippen LogP contribution >= 0.6 is 23.5 Å². The molecule has 0 aliphatic carbocycles. The van der Waals surface area contributed by atoms with E-state index in [1.807, 2.05) is 13.8 Å². The summed E-state index contributed by atoms with van der Waals surface area (Å²) >= 11 is 2.94. The van der Waals surface area contributed by atoms with Gasteiger partial charge in [-0.2, -0.15) is 0 Å². The zero-order valence-electron chi connectivity index (χ0n) is 10.1. The van der Waals surface area contributed by atoms with Crippen molar-refractivity contribution in [3.8, 4) is 0 Å². The largest absolute Gasteiger partial charge is 0.394 e. The summed E-state index contributed by atoms with van der Waals surface area (Å²) in [5, 5.41) is 47.0. The van der Waals surface area contributed by atoms with Gasteiger partial charge in [0.2, 0.25) is 0 Å². The first-order chi connectivity index (χ1) is 7.99. The smallest absolute Gasteiger partial charge is 0.111 e. The Morgan fingerprint density at radius 3 is 1.71 bits per heavy atom. The van der Waals surface area contributed by atoms with E-state index >= 15 is 0 Å². The highest BCUT2D eigenvalue weighted by Gasteiger charge is 2.34. The van der Waals surface area contributed by atoms with E-state index in [0.29, 0.717) is 0 Å². The van der Waals surface area contributed by atoms with Crippen LogP contribution in [0.2, 0.25) is 0 Å². The van der Waals surface area contributed by atoms with Crippen molar-refractivity contribution in [3.63, 3.8) is 0 Å². The van der Waals surface area contributed by atoms with E-state index in [2.05, 4.69) is 0 Å². The first kappa shape index (κ1) is 17.5. The molecule has 0 saturated carbocycles. The van der Waals surface area contributed by atoms with E-state index in [0.717, 1.165) is 11.5 Å². The molecule has 0 bridgehead atoms. The summed E-state index contributed by atoms with van der Waals surface area (Å²) in [7, 11) is 0. The van der Waals surface area contributed by atoms with Crippen LogP contribution in [0, 0.1) is 0 Å². The molecule has 0 aromatic rings. The standard InChI is InChI=1S/C10H22O5S2/c1-3-16-10(17-4-2)9(15)8(14)7(13)6(12)5-11/h6-15H,3-5H2,1-2H3/t6-,7-,8+,9-/m1/s1/i5+2. The quantitative estimate of drug-likeness (QED) is 0.356. The molecule has 0 unspecified atom stereocenters. The Hall–Kier alpha value is 0.500. The molecule has 0 aliphatic rings. The fourth-order valence-electron chi connectivity index (χ4n) is 1.27. The van der Waals surface area contributed by atoms with Crippen molar-refractivity contribution in [2.24, 2.45) is 0 Å². The van der Waals surface area contributed by atoms with E-state index in [4.69, 9.17) is 5.11 Å². The maximum atomic E-state index is 9.91. The van der Waals surface area contributed by atoms with Crippen molar-refractivity contribution in [2.45, 2.75) is 42.8 Å². The number of hydrogen-bond acceptors (Lipinski definition) is 7. The van der Waals surface area contributed by atoms with Gasteiger partial charge < -0.3 is 25.5 Å². The number of hydrogen-bond donors (Lipinski definition) is 5. The molecule has 4 atom stereocenters. The Morgan fingerprint density at radius 2 is 1.35 bits per heavy atom. The van der Waals surface area contributed by atoms with E-state index in [-0.39, 0.29) is 4.58 Å². The predicted molar refractivity (Wildman–Crippen MR) is 71.2 cm³/mol. The van der Waals surface area contributed by atoms with Gasteiger partial charge in [0.05, 0.1) is 11.2 Å². The van der Waals surface area contributed by atoms with Crippen molar-refractivity contribution < 1.29 is 25.5 Å². The van der Waals surface area contributed by atoms with Crippen molar-refractivity contribution in [3.05, 3.63) is 0 Å². The van der Waals surface area contributed by atoms with E-state index < -0.39 is 31.0 Å². The molecule has 0 aliphatic heterocycles. The second kappa shape index (κ2) is 9.43. The van der Waals surface area contributed by atoms with Gasteiger partial charge >= 0.3 is 0 Å². The van der Waals surface area contributed by atoms with Crippen LogP contribution in [0.25, 0.3) is 0 Å². The predicted octanol–water partition coefficient (Wildman–Crippen LogP) is -0.745. The van der Waals surface area contributed by atoms with Gasteiger partial charge in [0.25, 0.3) is 0 Å². The SMILES string of the molecule is CCSC(SCC)[C@H](O)[C@@H](O)[C@H](O)[C@H](O)[14CH2]O. The van der Waals surface area contributed by atoms with Gasteiger partial charge in [0.1, 0.15) is 24.4 Å². The van der Waals surface area contributed by atoms with Crippen molar-refractivity contribution in [1.82, 2.24) is 0 Å². The molecule has 0 aromatic carbocycles. The van der Waals surface area contributed by atoms with Crippen LogP contribution in [0.15, 0.2) is 0 Å². The van der Waals surface area contributed by atoms with Crippen LogP contribution in [0.4, 0.5) is 0 Å². The Bertz CT molecular complexity index is 190. The highest BCUT2D eigenvalue weighted by atomic mass is 32.2. The van der Waals surface area contributed by atoms with E-state index in [1.54, 1.807) is 0 Å². The number of aliphatic hydroxyl groups is 5. The molecule has 0 radical (unpaired) electrons. The van der Waals surface area contributed by atoms with Crippen molar-refractivity contribution in [2.75, 3.05) is 18.1 Å². The molecule has 5 N–H and O–H groups in total. The lowest BCUT2D eigenvalue weighted by atomic mass is 10.1.